The third-order valence-electron chi connectivity index (χ3n) is 2.49. The summed E-state index contributed by atoms with van der Waals surface area (Å²) < 4.78 is 1.04. The molecule has 0 saturated heterocycles. The first-order valence-electron chi connectivity index (χ1n) is 5.47. The molecule has 1 atom stereocenters. The number of likely N-dealkylation sites (N-methyl/N-ethyl adjacent to an activating group) is 1. The first kappa shape index (κ1) is 12.7. The van der Waals surface area contributed by atoms with Crippen LogP contribution in [0.1, 0.15) is 26.5 Å². The van der Waals surface area contributed by atoms with Crippen molar-refractivity contribution in [2.75, 3.05) is 6.54 Å². The number of nitrogens with one attached hydrogen (secondary N) is 1. The lowest BCUT2D eigenvalue weighted by Gasteiger charge is -2.21. The predicted octanol–water partition coefficient (Wildman–Crippen LogP) is 3.02. The van der Waals surface area contributed by atoms with Gasteiger partial charge in [-0.25, -0.2) is 0 Å². The Hall–Kier alpha value is -0.410. The molecule has 0 fully saturated rings. The molecule has 84 valence electrons. The average molecular weight is 271 g/mol. The molecule has 0 saturated carbocycles. The second-order valence-corrected chi connectivity index (χ2v) is 5.00. The molecule has 0 aliphatic heterocycles. The SMILES string of the molecule is CCNC(Cc1ccc(Br)cn1)C(C)C. The fourth-order valence-electron chi connectivity index (χ4n) is 1.56. The van der Waals surface area contributed by atoms with E-state index in [1.165, 1.54) is 0 Å². The second-order valence-electron chi connectivity index (χ2n) is 4.08. The van der Waals surface area contributed by atoms with Crippen LogP contribution in [0, 0.1) is 5.92 Å². The maximum Gasteiger partial charge on any atom is 0.0420 e. The maximum absolute atomic E-state index is 4.40. The molecule has 0 aromatic carbocycles. The van der Waals surface area contributed by atoms with Gasteiger partial charge in [0.15, 0.2) is 0 Å². The smallest absolute Gasteiger partial charge is 0.0420 e. The molecule has 0 aliphatic carbocycles. The van der Waals surface area contributed by atoms with Gasteiger partial charge in [-0.2, -0.15) is 0 Å². The molecule has 0 aliphatic rings. The van der Waals surface area contributed by atoms with Crippen molar-refractivity contribution in [3.8, 4) is 0 Å². The van der Waals surface area contributed by atoms with Gasteiger partial charge in [0.05, 0.1) is 0 Å². The first-order chi connectivity index (χ1) is 7.13. The normalized spacial score (nSPS) is 13.1. The van der Waals surface area contributed by atoms with E-state index in [-0.39, 0.29) is 0 Å². The standard InChI is InChI=1S/C12H19BrN2/c1-4-14-12(9(2)3)7-11-6-5-10(13)8-15-11/h5-6,8-9,12,14H,4,7H2,1-3H3. The lowest BCUT2D eigenvalue weighted by molar-refractivity contribution is 0.402. The summed E-state index contributed by atoms with van der Waals surface area (Å²) in [6.45, 7) is 7.64. The quantitative estimate of drug-likeness (QED) is 0.890. The summed E-state index contributed by atoms with van der Waals surface area (Å²) >= 11 is 3.39. The van der Waals surface area contributed by atoms with E-state index in [1.807, 2.05) is 12.3 Å². The number of aromatic nitrogens is 1. The Morgan fingerprint density at radius 3 is 2.60 bits per heavy atom. The number of pyridine rings is 1. The number of nitrogens with zero attached hydrogens (tertiary/aromatic N) is 1. The number of rotatable bonds is 5. The van der Waals surface area contributed by atoms with E-state index in [1.54, 1.807) is 0 Å². The summed E-state index contributed by atoms with van der Waals surface area (Å²) in [5.41, 5.74) is 1.15. The van der Waals surface area contributed by atoms with Crippen molar-refractivity contribution in [1.29, 1.82) is 0 Å². The van der Waals surface area contributed by atoms with E-state index in [0.717, 1.165) is 23.1 Å². The van der Waals surface area contributed by atoms with Crippen LogP contribution in [0.15, 0.2) is 22.8 Å². The molecule has 0 spiro atoms. The van der Waals surface area contributed by atoms with Gasteiger partial charge in [0.1, 0.15) is 0 Å². The molecule has 2 nitrogen and oxygen atoms in total. The van der Waals surface area contributed by atoms with Gasteiger partial charge in [-0.3, -0.25) is 4.98 Å². The zero-order chi connectivity index (χ0) is 11.3. The minimum absolute atomic E-state index is 0.517. The molecule has 0 amide bonds. The molecule has 0 bridgehead atoms. The molecular formula is C12H19BrN2. The minimum Gasteiger partial charge on any atom is -0.314 e. The summed E-state index contributed by atoms with van der Waals surface area (Å²) in [4.78, 5) is 4.40. The van der Waals surface area contributed by atoms with Gasteiger partial charge in [0.25, 0.3) is 0 Å². The van der Waals surface area contributed by atoms with E-state index >= 15 is 0 Å². The zero-order valence-electron chi connectivity index (χ0n) is 9.63. The Balaban J connectivity index is 2.61. The van der Waals surface area contributed by atoms with Crippen LogP contribution in [0.5, 0.6) is 0 Å². The summed E-state index contributed by atoms with van der Waals surface area (Å²) in [5, 5.41) is 3.49. The van der Waals surface area contributed by atoms with Crippen LogP contribution >= 0.6 is 15.9 Å². The summed E-state index contributed by atoms with van der Waals surface area (Å²) in [5.74, 6) is 0.635. The van der Waals surface area contributed by atoms with Crippen molar-refractivity contribution in [3.05, 3.63) is 28.5 Å². The molecule has 1 aromatic heterocycles. The van der Waals surface area contributed by atoms with Crippen molar-refractivity contribution in [3.63, 3.8) is 0 Å². The molecular weight excluding hydrogens is 252 g/mol. The maximum atomic E-state index is 4.40. The van der Waals surface area contributed by atoms with E-state index in [9.17, 15) is 0 Å². The molecule has 0 radical (unpaired) electrons. The molecule has 15 heavy (non-hydrogen) atoms. The Bertz CT molecular complexity index is 282. The van der Waals surface area contributed by atoms with Crippen LogP contribution in [-0.4, -0.2) is 17.6 Å². The molecule has 1 rings (SSSR count). The van der Waals surface area contributed by atoms with Crippen LogP contribution in [0.25, 0.3) is 0 Å². The Kier molecular flexibility index (Phi) is 5.26. The minimum atomic E-state index is 0.517. The van der Waals surface area contributed by atoms with Crippen LogP contribution in [0.4, 0.5) is 0 Å². The van der Waals surface area contributed by atoms with E-state index < -0.39 is 0 Å². The summed E-state index contributed by atoms with van der Waals surface area (Å²) in [6.07, 6.45) is 2.86. The number of hydrogen-bond donors (Lipinski definition) is 1. The van der Waals surface area contributed by atoms with Gasteiger partial charge in [-0.15, -0.1) is 0 Å². The molecule has 3 heteroatoms. The Morgan fingerprint density at radius 2 is 2.13 bits per heavy atom. The monoisotopic (exact) mass is 270 g/mol. The average Bonchev–Trinajstić information content (AvgIpc) is 2.20. The third kappa shape index (κ3) is 4.31. The Morgan fingerprint density at radius 1 is 1.40 bits per heavy atom. The van der Waals surface area contributed by atoms with Crippen LogP contribution < -0.4 is 5.32 Å². The molecule has 1 aromatic rings. The topological polar surface area (TPSA) is 24.9 Å². The highest BCUT2D eigenvalue weighted by atomic mass is 79.9. The van der Waals surface area contributed by atoms with Crippen molar-refractivity contribution in [2.24, 2.45) is 5.92 Å². The number of halogens is 1. The van der Waals surface area contributed by atoms with Crippen LogP contribution in [-0.2, 0) is 6.42 Å². The summed E-state index contributed by atoms with van der Waals surface area (Å²) in [6, 6.07) is 4.64. The highest BCUT2D eigenvalue weighted by Gasteiger charge is 2.12. The zero-order valence-corrected chi connectivity index (χ0v) is 11.2. The lowest BCUT2D eigenvalue weighted by atomic mass is 9.99. The highest BCUT2D eigenvalue weighted by molar-refractivity contribution is 9.10. The van der Waals surface area contributed by atoms with E-state index in [0.29, 0.717) is 12.0 Å². The van der Waals surface area contributed by atoms with E-state index in [2.05, 4.69) is 53.1 Å². The molecule has 1 heterocycles. The second kappa shape index (κ2) is 6.23. The van der Waals surface area contributed by atoms with Gasteiger partial charge in [0, 0.05) is 28.8 Å². The van der Waals surface area contributed by atoms with Crippen molar-refractivity contribution >= 4 is 15.9 Å². The third-order valence-corrected chi connectivity index (χ3v) is 2.96. The van der Waals surface area contributed by atoms with Crippen molar-refractivity contribution < 1.29 is 0 Å². The molecule has 1 N–H and O–H groups in total. The lowest BCUT2D eigenvalue weighted by Crippen LogP contribution is -2.35. The Labute approximate surface area is 101 Å². The van der Waals surface area contributed by atoms with Crippen LogP contribution in [0.2, 0.25) is 0 Å². The van der Waals surface area contributed by atoms with Crippen LogP contribution in [0.3, 0.4) is 0 Å². The van der Waals surface area contributed by atoms with Gasteiger partial charge in [0.2, 0.25) is 0 Å². The fourth-order valence-corrected chi connectivity index (χ4v) is 1.79. The van der Waals surface area contributed by atoms with Gasteiger partial charge >= 0.3 is 0 Å². The van der Waals surface area contributed by atoms with Crippen molar-refractivity contribution in [1.82, 2.24) is 10.3 Å². The molecule has 1 unspecified atom stereocenters. The van der Waals surface area contributed by atoms with Crippen molar-refractivity contribution in [2.45, 2.75) is 33.2 Å². The summed E-state index contributed by atoms with van der Waals surface area (Å²) in [7, 11) is 0. The fraction of sp³-hybridized carbons (Fsp3) is 0.583. The van der Waals surface area contributed by atoms with Gasteiger partial charge in [-0.1, -0.05) is 20.8 Å². The van der Waals surface area contributed by atoms with Gasteiger partial charge < -0.3 is 5.32 Å². The van der Waals surface area contributed by atoms with E-state index in [4.69, 9.17) is 0 Å². The largest absolute Gasteiger partial charge is 0.314 e. The first-order valence-corrected chi connectivity index (χ1v) is 6.26. The number of hydrogen-bond acceptors (Lipinski definition) is 2. The van der Waals surface area contributed by atoms with Gasteiger partial charge in [-0.05, 0) is 40.5 Å². The highest BCUT2D eigenvalue weighted by Crippen LogP contribution is 2.11. The predicted molar refractivity (Wildman–Crippen MR) is 67.9 cm³/mol.